The van der Waals surface area contributed by atoms with E-state index in [1.807, 2.05) is 26.8 Å². The maximum absolute atomic E-state index is 12.3. The predicted molar refractivity (Wildman–Crippen MR) is 73.3 cm³/mol. The van der Waals surface area contributed by atoms with Crippen LogP contribution < -0.4 is 0 Å². The summed E-state index contributed by atoms with van der Waals surface area (Å²) in [6.07, 6.45) is -0.355. The van der Waals surface area contributed by atoms with E-state index in [4.69, 9.17) is 4.74 Å². The summed E-state index contributed by atoms with van der Waals surface area (Å²) >= 11 is 1.54. The van der Waals surface area contributed by atoms with Crippen molar-refractivity contribution in [2.75, 3.05) is 0 Å². The molecule has 0 radical (unpaired) electrons. The Kier molecular flexibility index (Phi) is 3.19. The molecule has 0 amide bonds. The van der Waals surface area contributed by atoms with Crippen LogP contribution in [0.2, 0.25) is 0 Å². The Labute approximate surface area is 111 Å². The highest BCUT2D eigenvalue weighted by Gasteiger charge is 2.24. The number of fused-ring (bicyclic) bond motifs is 1. The molecule has 4 nitrogen and oxygen atoms in total. The minimum Gasteiger partial charge on any atom is -0.443 e. The van der Waals surface area contributed by atoms with Crippen molar-refractivity contribution in [3.63, 3.8) is 0 Å². The third-order valence-electron chi connectivity index (χ3n) is 2.49. The molecule has 0 fully saturated rings. The van der Waals surface area contributed by atoms with E-state index in [0.717, 1.165) is 10.4 Å². The van der Waals surface area contributed by atoms with Gasteiger partial charge in [0.15, 0.2) is 5.65 Å². The van der Waals surface area contributed by atoms with Crippen LogP contribution in [-0.2, 0) is 4.74 Å². The summed E-state index contributed by atoms with van der Waals surface area (Å²) < 4.78 is 8.04. The summed E-state index contributed by atoms with van der Waals surface area (Å²) in [5.41, 5.74) is 2.88. The SMILES string of the molecule is CC(C)c1cc2scnc2n1C(=O)OC(C)(C)C. The van der Waals surface area contributed by atoms with Gasteiger partial charge in [-0.25, -0.2) is 14.3 Å². The Morgan fingerprint density at radius 2 is 2.11 bits per heavy atom. The van der Waals surface area contributed by atoms with Gasteiger partial charge < -0.3 is 4.74 Å². The van der Waals surface area contributed by atoms with E-state index in [1.165, 1.54) is 11.3 Å². The van der Waals surface area contributed by atoms with Gasteiger partial charge in [0.2, 0.25) is 0 Å². The molecule has 2 aromatic heterocycles. The van der Waals surface area contributed by atoms with Crippen LogP contribution in [0.25, 0.3) is 10.3 Å². The number of carbonyl (C=O) groups is 1. The van der Waals surface area contributed by atoms with Crippen molar-refractivity contribution in [1.82, 2.24) is 9.55 Å². The van der Waals surface area contributed by atoms with Crippen molar-refractivity contribution in [2.24, 2.45) is 0 Å². The predicted octanol–water partition coefficient (Wildman–Crippen LogP) is 4.00. The zero-order chi connectivity index (χ0) is 13.5. The van der Waals surface area contributed by atoms with Crippen molar-refractivity contribution < 1.29 is 9.53 Å². The molecule has 2 heterocycles. The minimum absolute atomic E-state index is 0.249. The Morgan fingerprint density at radius 1 is 1.44 bits per heavy atom. The van der Waals surface area contributed by atoms with Crippen LogP contribution in [0.15, 0.2) is 11.6 Å². The quantitative estimate of drug-likeness (QED) is 0.783. The second kappa shape index (κ2) is 4.39. The lowest BCUT2D eigenvalue weighted by Crippen LogP contribution is -2.28. The molecule has 0 aromatic carbocycles. The molecular weight excluding hydrogens is 248 g/mol. The van der Waals surface area contributed by atoms with Crippen LogP contribution in [-0.4, -0.2) is 21.2 Å². The highest BCUT2D eigenvalue weighted by Crippen LogP contribution is 2.28. The van der Waals surface area contributed by atoms with Gasteiger partial charge in [0.1, 0.15) is 5.60 Å². The molecule has 0 spiro atoms. The van der Waals surface area contributed by atoms with Gasteiger partial charge in [-0.05, 0) is 32.8 Å². The Balaban J connectivity index is 2.50. The molecule has 0 atom stereocenters. The molecule has 2 rings (SSSR count). The van der Waals surface area contributed by atoms with Gasteiger partial charge >= 0.3 is 6.09 Å². The van der Waals surface area contributed by atoms with E-state index in [2.05, 4.69) is 18.8 Å². The minimum atomic E-state index is -0.502. The van der Waals surface area contributed by atoms with Gasteiger partial charge in [-0.1, -0.05) is 13.8 Å². The fraction of sp³-hybridized carbons (Fsp3) is 0.538. The van der Waals surface area contributed by atoms with Gasteiger partial charge in [-0.3, -0.25) is 0 Å². The van der Waals surface area contributed by atoms with Crippen LogP contribution >= 0.6 is 11.3 Å². The van der Waals surface area contributed by atoms with Crippen molar-refractivity contribution in [1.29, 1.82) is 0 Å². The normalized spacial score (nSPS) is 12.3. The number of hydrogen-bond donors (Lipinski definition) is 0. The average molecular weight is 266 g/mol. The lowest BCUT2D eigenvalue weighted by molar-refractivity contribution is 0.0538. The second-order valence-electron chi connectivity index (χ2n) is 5.58. The van der Waals surface area contributed by atoms with Crippen molar-refractivity contribution in [3.8, 4) is 0 Å². The number of ether oxygens (including phenoxy) is 1. The first-order valence-electron chi connectivity index (χ1n) is 5.98. The number of hydrogen-bond acceptors (Lipinski definition) is 4. The zero-order valence-electron chi connectivity index (χ0n) is 11.4. The lowest BCUT2D eigenvalue weighted by atomic mass is 10.1. The first-order chi connectivity index (χ1) is 8.29. The Morgan fingerprint density at radius 3 is 2.67 bits per heavy atom. The van der Waals surface area contributed by atoms with E-state index >= 15 is 0 Å². The van der Waals surface area contributed by atoms with Crippen LogP contribution in [0.3, 0.4) is 0 Å². The highest BCUT2D eigenvalue weighted by molar-refractivity contribution is 7.16. The average Bonchev–Trinajstić information content (AvgIpc) is 2.70. The number of carbonyl (C=O) groups excluding carboxylic acids is 1. The largest absolute Gasteiger partial charge is 0.443 e. The molecule has 98 valence electrons. The molecule has 0 aliphatic carbocycles. The topological polar surface area (TPSA) is 44.1 Å². The first kappa shape index (κ1) is 13.1. The lowest BCUT2D eigenvalue weighted by Gasteiger charge is -2.21. The smallest absolute Gasteiger partial charge is 0.420 e. The summed E-state index contributed by atoms with van der Waals surface area (Å²) in [5, 5.41) is 0. The molecule has 0 aliphatic heterocycles. The second-order valence-corrected chi connectivity index (χ2v) is 6.47. The molecule has 0 bridgehead atoms. The first-order valence-corrected chi connectivity index (χ1v) is 6.86. The van der Waals surface area contributed by atoms with E-state index < -0.39 is 5.60 Å². The molecule has 18 heavy (non-hydrogen) atoms. The number of aromatic nitrogens is 2. The van der Waals surface area contributed by atoms with Crippen LogP contribution in [0.4, 0.5) is 4.79 Å². The van der Waals surface area contributed by atoms with E-state index in [9.17, 15) is 4.79 Å². The zero-order valence-corrected chi connectivity index (χ0v) is 12.2. The fourth-order valence-electron chi connectivity index (χ4n) is 1.76. The Bertz CT molecular complexity index is 575. The summed E-state index contributed by atoms with van der Waals surface area (Å²) in [7, 11) is 0. The van der Waals surface area contributed by atoms with Crippen molar-refractivity contribution >= 4 is 27.8 Å². The highest BCUT2D eigenvalue weighted by atomic mass is 32.1. The van der Waals surface area contributed by atoms with Crippen LogP contribution in [0.1, 0.15) is 46.2 Å². The van der Waals surface area contributed by atoms with Crippen LogP contribution in [0.5, 0.6) is 0 Å². The summed E-state index contributed by atoms with van der Waals surface area (Å²) in [5.74, 6) is 0.249. The van der Waals surface area contributed by atoms with E-state index in [0.29, 0.717) is 5.65 Å². The maximum atomic E-state index is 12.3. The summed E-state index contributed by atoms with van der Waals surface area (Å²) in [4.78, 5) is 16.5. The molecule has 0 aliphatic rings. The van der Waals surface area contributed by atoms with Crippen LogP contribution in [0, 0.1) is 0 Å². The molecule has 5 heteroatoms. The van der Waals surface area contributed by atoms with E-state index in [1.54, 1.807) is 10.1 Å². The number of nitrogens with zero attached hydrogens (tertiary/aromatic N) is 2. The monoisotopic (exact) mass is 266 g/mol. The van der Waals surface area contributed by atoms with Crippen molar-refractivity contribution in [2.45, 2.75) is 46.1 Å². The molecule has 0 N–H and O–H groups in total. The molecule has 0 saturated carbocycles. The number of thiazole rings is 1. The number of rotatable bonds is 1. The summed E-state index contributed by atoms with van der Waals surface area (Å²) in [6, 6.07) is 2.02. The van der Waals surface area contributed by atoms with Gasteiger partial charge in [0.25, 0.3) is 0 Å². The van der Waals surface area contributed by atoms with Gasteiger partial charge in [0.05, 0.1) is 10.2 Å². The Hall–Kier alpha value is -1.36. The van der Waals surface area contributed by atoms with Gasteiger partial charge in [0, 0.05) is 5.69 Å². The molecular formula is C13H18N2O2S. The van der Waals surface area contributed by atoms with Gasteiger partial charge in [-0.15, -0.1) is 11.3 Å². The molecule has 0 saturated heterocycles. The maximum Gasteiger partial charge on any atom is 0.420 e. The van der Waals surface area contributed by atoms with E-state index in [-0.39, 0.29) is 12.0 Å². The van der Waals surface area contributed by atoms with Gasteiger partial charge in [-0.2, -0.15) is 0 Å². The molecule has 2 aromatic rings. The summed E-state index contributed by atoms with van der Waals surface area (Å²) in [6.45, 7) is 9.70. The molecule has 0 unspecified atom stereocenters. The third-order valence-corrected chi connectivity index (χ3v) is 3.26. The standard InChI is InChI=1S/C13H18N2O2S/c1-8(2)9-6-10-11(14-7-18-10)15(9)12(16)17-13(3,4)5/h6-8H,1-5H3. The van der Waals surface area contributed by atoms with Crippen molar-refractivity contribution in [3.05, 3.63) is 17.3 Å². The third kappa shape index (κ3) is 2.41. The fourth-order valence-corrected chi connectivity index (χ4v) is 2.47.